The normalized spacial score (nSPS) is 12.0. The van der Waals surface area contributed by atoms with Gasteiger partial charge in [-0.25, -0.2) is 8.42 Å². The molecule has 0 aliphatic heterocycles. The minimum atomic E-state index is -4.86. The van der Waals surface area contributed by atoms with Crippen molar-refractivity contribution in [3.8, 4) is 5.75 Å². The van der Waals surface area contributed by atoms with Gasteiger partial charge >= 0.3 is 6.18 Å². The highest BCUT2D eigenvalue weighted by molar-refractivity contribution is 7.91. The Morgan fingerprint density at radius 3 is 2.52 bits per heavy atom. The maximum Gasteiger partial charge on any atom is 0.421 e. The fourth-order valence-electron chi connectivity index (χ4n) is 2.20. The van der Waals surface area contributed by atoms with Gasteiger partial charge in [-0.2, -0.15) is 13.2 Å². The topological polar surface area (TPSA) is 105 Å². The minimum absolute atomic E-state index is 0.144. The second kappa shape index (κ2) is 7.43. The van der Waals surface area contributed by atoms with Crippen LogP contribution >= 0.6 is 0 Å². The van der Waals surface area contributed by atoms with Gasteiger partial charge in [0.15, 0.2) is 9.84 Å². The van der Waals surface area contributed by atoms with Crippen molar-refractivity contribution in [3.05, 3.63) is 52.4 Å². The van der Waals surface area contributed by atoms with Crippen LogP contribution in [0.1, 0.15) is 12.5 Å². The van der Waals surface area contributed by atoms with Crippen molar-refractivity contribution in [2.75, 3.05) is 11.1 Å². The number of halogens is 3. The van der Waals surface area contributed by atoms with Crippen LogP contribution < -0.4 is 10.9 Å². The summed E-state index contributed by atoms with van der Waals surface area (Å²) in [6, 6.07) is 4.82. The molecule has 0 radical (unpaired) electrons. The number of phenolic OH excluding ortho intramolecular Hbond substituents is 1. The Labute approximate surface area is 152 Å². The zero-order chi connectivity index (χ0) is 20.4. The molecule has 146 valence electrons. The maximum absolute atomic E-state index is 12.8. The fourth-order valence-corrected chi connectivity index (χ4v) is 3.10. The largest absolute Gasteiger partial charge is 0.506 e. The standard InChI is InChI=1S/C16H15F3N2O5S/c1-2-27(25,26)10-5-6-13(22)12(8-10)20-14(23)9-21-7-3-4-11(15(21)24)16(17,18)19/h3-8,22H,2,9H2,1H3,(H,20,23). The van der Waals surface area contributed by atoms with Crippen LogP contribution in [0.3, 0.4) is 0 Å². The number of aromatic nitrogens is 1. The first-order valence-electron chi connectivity index (χ1n) is 7.58. The van der Waals surface area contributed by atoms with E-state index in [2.05, 4.69) is 5.32 Å². The van der Waals surface area contributed by atoms with E-state index in [-0.39, 0.29) is 16.3 Å². The van der Waals surface area contributed by atoms with Crippen molar-refractivity contribution >= 4 is 21.4 Å². The van der Waals surface area contributed by atoms with Gasteiger partial charge < -0.3 is 15.0 Å². The van der Waals surface area contributed by atoms with E-state index in [9.17, 15) is 36.3 Å². The van der Waals surface area contributed by atoms with E-state index in [1.165, 1.54) is 6.92 Å². The lowest BCUT2D eigenvalue weighted by molar-refractivity contribution is -0.139. The van der Waals surface area contributed by atoms with Crippen molar-refractivity contribution in [1.29, 1.82) is 0 Å². The third-order valence-electron chi connectivity index (χ3n) is 3.62. The van der Waals surface area contributed by atoms with Crippen LogP contribution in [0.25, 0.3) is 0 Å². The van der Waals surface area contributed by atoms with Crippen molar-refractivity contribution < 1.29 is 31.5 Å². The van der Waals surface area contributed by atoms with Gasteiger partial charge in [-0.1, -0.05) is 6.92 Å². The molecule has 1 amide bonds. The zero-order valence-electron chi connectivity index (χ0n) is 13.9. The van der Waals surface area contributed by atoms with E-state index in [0.717, 1.165) is 30.5 Å². The van der Waals surface area contributed by atoms with E-state index in [0.29, 0.717) is 10.6 Å². The number of benzene rings is 1. The summed E-state index contributed by atoms with van der Waals surface area (Å²) >= 11 is 0. The van der Waals surface area contributed by atoms with Gasteiger partial charge in [-0.3, -0.25) is 9.59 Å². The number of hydrogen-bond acceptors (Lipinski definition) is 5. The molecule has 0 aliphatic carbocycles. The molecule has 1 heterocycles. The number of anilines is 1. The van der Waals surface area contributed by atoms with Gasteiger partial charge in [0.05, 0.1) is 16.3 Å². The molecular weight excluding hydrogens is 389 g/mol. The van der Waals surface area contributed by atoms with E-state index >= 15 is 0 Å². The molecule has 0 atom stereocenters. The number of hydrogen-bond donors (Lipinski definition) is 2. The molecule has 0 aliphatic rings. The molecule has 2 rings (SSSR count). The highest BCUT2D eigenvalue weighted by atomic mass is 32.2. The van der Waals surface area contributed by atoms with Gasteiger partial charge in [-0.15, -0.1) is 0 Å². The first-order valence-corrected chi connectivity index (χ1v) is 9.23. The van der Waals surface area contributed by atoms with Crippen molar-refractivity contribution in [3.63, 3.8) is 0 Å². The summed E-state index contributed by atoms with van der Waals surface area (Å²) in [5, 5.41) is 12.0. The molecule has 1 aromatic heterocycles. The first kappa shape index (κ1) is 20.5. The van der Waals surface area contributed by atoms with Gasteiger partial charge in [0.2, 0.25) is 5.91 Å². The van der Waals surface area contributed by atoms with E-state index in [1.807, 2.05) is 0 Å². The molecule has 0 saturated carbocycles. The SMILES string of the molecule is CCS(=O)(=O)c1ccc(O)c(NC(=O)Cn2cccc(C(F)(F)F)c2=O)c1. The van der Waals surface area contributed by atoms with Crippen LogP contribution in [0.15, 0.2) is 46.2 Å². The smallest absolute Gasteiger partial charge is 0.421 e. The zero-order valence-corrected chi connectivity index (χ0v) is 14.8. The molecule has 27 heavy (non-hydrogen) atoms. The summed E-state index contributed by atoms with van der Waals surface area (Å²) < 4.78 is 62.6. The second-order valence-electron chi connectivity index (χ2n) is 5.48. The fraction of sp³-hybridized carbons (Fsp3) is 0.250. The number of amides is 1. The third-order valence-corrected chi connectivity index (χ3v) is 5.35. The molecule has 2 N–H and O–H groups in total. The van der Waals surface area contributed by atoms with Gasteiger partial charge in [-0.05, 0) is 30.3 Å². The first-order chi connectivity index (χ1) is 12.5. The number of nitrogens with one attached hydrogen (secondary N) is 1. The summed E-state index contributed by atoms with van der Waals surface area (Å²) in [5.41, 5.74) is -3.06. The van der Waals surface area contributed by atoms with Crippen LogP contribution in [0, 0.1) is 0 Å². The average Bonchev–Trinajstić information content (AvgIpc) is 2.57. The maximum atomic E-state index is 12.8. The molecule has 0 unspecified atom stereocenters. The molecule has 7 nitrogen and oxygen atoms in total. The van der Waals surface area contributed by atoms with Gasteiger partial charge in [0, 0.05) is 6.20 Å². The van der Waals surface area contributed by atoms with Crippen LogP contribution in [0.4, 0.5) is 18.9 Å². The molecule has 0 bridgehead atoms. The number of phenols is 1. The number of rotatable bonds is 5. The summed E-state index contributed by atoms with van der Waals surface area (Å²) in [6.45, 7) is 0.660. The number of sulfone groups is 1. The lowest BCUT2D eigenvalue weighted by Crippen LogP contribution is -2.32. The molecular formula is C16H15F3N2O5S. The van der Waals surface area contributed by atoms with Crippen molar-refractivity contribution in [1.82, 2.24) is 4.57 Å². The Balaban J connectivity index is 2.27. The van der Waals surface area contributed by atoms with Gasteiger partial charge in [0.25, 0.3) is 5.56 Å². The van der Waals surface area contributed by atoms with Crippen molar-refractivity contribution in [2.24, 2.45) is 0 Å². The molecule has 11 heteroatoms. The van der Waals surface area contributed by atoms with E-state index in [1.54, 1.807) is 0 Å². The Morgan fingerprint density at radius 1 is 1.26 bits per heavy atom. The Bertz CT molecular complexity index is 1030. The van der Waals surface area contributed by atoms with Crippen LogP contribution in [0.5, 0.6) is 5.75 Å². The lowest BCUT2D eigenvalue weighted by atomic mass is 10.2. The Hall–Kier alpha value is -2.82. The number of carbonyl (C=O) groups excluding carboxylic acids is 1. The minimum Gasteiger partial charge on any atom is -0.506 e. The highest BCUT2D eigenvalue weighted by Crippen LogP contribution is 2.27. The number of nitrogens with zero attached hydrogens (tertiary/aromatic N) is 1. The summed E-state index contributed by atoms with van der Waals surface area (Å²) in [4.78, 5) is 23.8. The summed E-state index contributed by atoms with van der Waals surface area (Å²) in [7, 11) is -3.60. The Morgan fingerprint density at radius 2 is 1.93 bits per heavy atom. The predicted molar refractivity (Wildman–Crippen MR) is 90.2 cm³/mol. The number of pyridine rings is 1. The molecule has 0 spiro atoms. The second-order valence-corrected chi connectivity index (χ2v) is 7.76. The van der Waals surface area contributed by atoms with Crippen LogP contribution in [-0.2, 0) is 27.4 Å². The summed E-state index contributed by atoms with van der Waals surface area (Å²) in [6.07, 6.45) is -3.85. The number of carbonyl (C=O) groups is 1. The van der Waals surface area contributed by atoms with Crippen molar-refractivity contribution in [2.45, 2.75) is 24.5 Å². The highest BCUT2D eigenvalue weighted by Gasteiger charge is 2.34. The Kier molecular flexibility index (Phi) is 5.64. The average molecular weight is 404 g/mol. The lowest BCUT2D eigenvalue weighted by Gasteiger charge is -2.12. The quantitative estimate of drug-likeness (QED) is 0.742. The molecule has 0 saturated heterocycles. The monoisotopic (exact) mass is 404 g/mol. The van der Waals surface area contributed by atoms with E-state index < -0.39 is 45.3 Å². The number of alkyl halides is 3. The van der Waals surface area contributed by atoms with E-state index in [4.69, 9.17) is 0 Å². The third kappa shape index (κ3) is 4.67. The van der Waals surface area contributed by atoms with Crippen LogP contribution in [-0.4, -0.2) is 29.8 Å². The molecule has 1 aromatic carbocycles. The predicted octanol–water partition coefficient (Wildman–Crippen LogP) is 2.00. The molecule has 2 aromatic rings. The number of aromatic hydroxyl groups is 1. The van der Waals surface area contributed by atoms with Gasteiger partial charge in [0.1, 0.15) is 17.9 Å². The summed E-state index contributed by atoms with van der Waals surface area (Å²) in [5.74, 6) is -1.56. The van der Waals surface area contributed by atoms with Crippen LogP contribution in [0.2, 0.25) is 0 Å². The molecule has 0 fully saturated rings.